The van der Waals surface area contributed by atoms with E-state index < -0.39 is 15.3 Å². The summed E-state index contributed by atoms with van der Waals surface area (Å²) in [7, 11) is -1.74. The van der Waals surface area contributed by atoms with Crippen molar-refractivity contribution in [3.8, 4) is 5.75 Å². The summed E-state index contributed by atoms with van der Waals surface area (Å²) in [6, 6.07) is 7.12. The third-order valence-electron chi connectivity index (χ3n) is 3.35. The van der Waals surface area contributed by atoms with Crippen molar-refractivity contribution in [1.29, 1.82) is 0 Å². The highest BCUT2D eigenvalue weighted by atomic mass is 32.2. The molecule has 2 atom stereocenters. The second kappa shape index (κ2) is 8.36. The van der Waals surface area contributed by atoms with Crippen LogP contribution >= 0.6 is 0 Å². The van der Waals surface area contributed by atoms with Crippen molar-refractivity contribution in [2.45, 2.75) is 38.5 Å². The van der Waals surface area contributed by atoms with E-state index in [1.807, 2.05) is 31.2 Å². The first-order valence-corrected chi connectivity index (χ1v) is 8.81. The van der Waals surface area contributed by atoms with Crippen molar-refractivity contribution in [2.24, 2.45) is 0 Å². The Kier molecular flexibility index (Phi) is 7.14. The number of sulfonamides is 1. The Balaban J connectivity index is 2.64. The molecule has 21 heavy (non-hydrogen) atoms. The minimum atomic E-state index is -3.35. The lowest BCUT2D eigenvalue weighted by molar-refractivity contribution is 0.414. The zero-order valence-electron chi connectivity index (χ0n) is 13.2. The maximum absolute atomic E-state index is 12.3. The van der Waals surface area contributed by atoms with Gasteiger partial charge in [-0.25, -0.2) is 13.1 Å². The highest BCUT2D eigenvalue weighted by molar-refractivity contribution is 7.90. The van der Waals surface area contributed by atoms with Crippen molar-refractivity contribution >= 4 is 10.0 Å². The van der Waals surface area contributed by atoms with Crippen LogP contribution in [0.1, 0.15) is 38.8 Å². The molecule has 0 aromatic heterocycles. The van der Waals surface area contributed by atoms with Gasteiger partial charge in [-0.3, -0.25) is 0 Å². The van der Waals surface area contributed by atoms with Crippen LogP contribution in [0.2, 0.25) is 0 Å². The molecule has 6 heteroatoms. The summed E-state index contributed by atoms with van der Waals surface area (Å²) < 4.78 is 32.3. The van der Waals surface area contributed by atoms with E-state index in [1.165, 1.54) is 0 Å². The lowest BCUT2D eigenvalue weighted by Crippen LogP contribution is -2.40. The average Bonchev–Trinajstić information content (AvgIpc) is 2.47. The van der Waals surface area contributed by atoms with E-state index in [9.17, 15) is 8.42 Å². The standard InChI is InChI=1S/C15H26N2O3S/c1-5-10-16-11-12(2)21(18,19)17-13(3)14-6-8-15(20-4)9-7-14/h6-9,12-13,16-17H,5,10-11H2,1-4H3. The molecule has 0 aliphatic rings. The molecule has 1 aromatic rings. The first kappa shape index (κ1) is 17.9. The van der Waals surface area contributed by atoms with Gasteiger partial charge in [0.15, 0.2) is 0 Å². The smallest absolute Gasteiger partial charge is 0.216 e. The van der Waals surface area contributed by atoms with E-state index in [2.05, 4.69) is 17.0 Å². The number of hydrogen-bond donors (Lipinski definition) is 2. The lowest BCUT2D eigenvalue weighted by atomic mass is 10.1. The molecular weight excluding hydrogens is 288 g/mol. The van der Waals surface area contributed by atoms with Crippen molar-refractivity contribution in [1.82, 2.24) is 10.0 Å². The molecule has 0 amide bonds. The average molecular weight is 314 g/mol. The van der Waals surface area contributed by atoms with E-state index in [0.29, 0.717) is 6.54 Å². The van der Waals surface area contributed by atoms with Crippen LogP contribution < -0.4 is 14.8 Å². The molecule has 2 N–H and O–H groups in total. The first-order valence-electron chi connectivity index (χ1n) is 7.26. The fourth-order valence-electron chi connectivity index (χ4n) is 1.91. The fourth-order valence-corrected chi connectivity index (χ4v) is 3.11. The molecule has 0 aliphatic heterocycles. The third-order valence-corrected chi connectivity index (χ3v) is 5.25. The molecule has 0 saturated heterocycles. The second-order valence-corrected chi connectivity index (χ2v) is 7.30. The van der Waals surface area contributed by atoms with Crippen LogP contribution in [0.5, 0.6) is 5.75 Å². The molecule has 0 fully saturated rings. The maximum atomic E-state index is 12.3. The number of methoxy groups -OCH3 is 1. The highest BCUT2D eigenvalue weighted by Gasteiger charge is 2.22. The van der Waals surface area contributed by atoms with Gasteiger partial charge in [0.2, 0.25) is 10.0 Å². The predicted molar refractivity (Wildman–Crippen MR) is 86.1 cm³/mol. The molecule has 0 saturated carbocycles. The summed E-state index contributed by atoms with van der Waals surface area (Å²) in [5.74, 6) is 0.756. The Bertz CT molecular complexity index is 514. The number of benzene rings is 1. The molecule has 0 heterocycles. The van der Waals surface area contributed by atoms with E-state index in [0.717, 1.165) is 24.3 Å². The molecule has 5 nitrogen and oxygen atoms in total. The maximum Gasteiger partial charge on any atom is 0.216 e. The molecular formula is C15H26N2O3S. The molecule has 120 valence electrons. The van der Waals surface area contributed by atoms with E-state index in [-0.39, 0.29) is 6.04 Å². The van der Waals surface area contributed by atoms with Gasteiger partial charge in [-0.1, -0.05) is 19.1 Å². The van der Waals surface area contributed by atoms with Gasteiger partial charge in [-0.15, -0.1) is 0 Å². The largest absolute Gasteiger partial charge is 0.497 e. The number of nitrogens with one attached hydrogen (secondary N) is 2. The monoisotopic (exact) mass is 314 g/mol. The minimum absolute atomic E-state index is 0.269. The Labute approximate surface area is 128 Å². The molecule has 0 radical (unpaired) electrons. The Hall–Kier alpha value is -1.11. The van der Waals surface area contributed by atoms with Crippen molar-refractivity contribution in [3.63, 3.8) is 0 Å². The SMILES string of the molecule is CCCNCC(C)S(=O)(=O)NC(C)c1ccc(OC)cc1. The molecule has 1 rings (SSSR count). The van der Waals surface area contributed by atoms with Crippen LogP contribution in [0.4, 0.5) is 0 Å². The van der Waals surface area contributed by atoms with Crippen molar-refractivity contribution in [3.05, 3.63) is 29.8 Å². The molecule has 0 aliphatic carbocycles. The Morgan fingerprint density at radius 3 is 2.33 bits per heavy atom. The molecule has 0 spiro atoms. The van der Waals surface area contributed by atoms with Crippen LogP contribution in [-0.4, -0.2) is 33.9 Å². The fraction of sp³-hybridized carbons (Fsp3) is 0.600. The second-order valence-electron chi connectivity index (χ2n) is 5.17. The summed E-state index contributed by atoms with van der Waals surface area (Å²) >= 11 is 0. The topological polar surface area (TPSA) is 67.4 Å². The Morgan fingerprint density at radius 1 is 1.19 bits per heavy atom. The van der Waals surface area contributed by atoms with Crippen molar-refractivity contribution in [2.75, 3.05) is 20.2 Å². The lowest BCUT2D eigenvalue weighted by Gasteiger charge is -2.19. The van der Waals surface area contributed by atoms with E-state index in [1.54, 1.807) is 14.0 Å². The molecule has 0 bridgehead atoms. The van der Waals surface area contributed by atoms with E-state index in [4.69, 9.17) is 4.74 Å². The zero-order valence-corrected chi connectivity index (χ0v) is 14.0. The summed E-state index contributed by atoms with van der Waals surface area (Å²) in [6.45, 7) is 6.89. The number of hydrogen-bond acceptors (Lipinski definition) is 4. The summed E-state index contributed by atoms with van der Waals surface area (Å²) in [5.41, 5.74) is 0.910. The quantitative estimate of drug-likeness (QED) is 0.685. The summed E-state index contributed by atoms with van der Waals surface area (Å²) in [4.78, 5) is 0. The van der Waals surface area contributed by atoms with Gasteiger partial charge >= 0.3 is 0 Å². The van der Waals surface area contributed by atoms with Crippen molar-refractivity contribution < 1.29 is 13.2 Å². The predicted octanol–water partition coefficient (Wildman–Crippen LogP) is 2.06. The minimum Gasteiger partial charge on any atom is -0.497 e. The first-order chi connectivity index (χ1) is 9.90. The normalized spacial score (nSPS) is 14.7. The van der Waals surface area contributed by atoms with Crippen LogP contribution in [0.25, 0.3) is 0 Å². The van der Waals surface area contributed by atoms with E-state index >= 15 is 0 Å². The zero-order chi connectivity index (χ0) is 15.9. The number of ether oxygens (including phenoxy) is 1. The molecule has 1 aromatic carbocycles. The van der Waals surface area contributed by atoms with Gasteiger partial charge in [-0.05, 0) is 44.5 Å². The number of rotatable bonds is 9. The summed E-state index contributed by atoms with van der Waals surface area (Å²) in [5, 5.41) is 2.67. The molecule has 2 unspecified atom stereocenters. The van der Waals surface area contributed by atoms with Crippen LogP contribution in [0.3, 0.4) is 0 Å². The van der Waals surface area contributed by atoms with Gasteiger partial charge in [0.05, 0.1) is 12.4 Å². The van der Waals surface area contributed by atoms with Gasteiger partial charge in [0, 0.05) is 12.6 Å². The van der Waals surface area contributed by atoms with Crippen LogP contribution in [-0.2, 0) is 10.0 Å². The summed E-state index contributed by atoms with van der Waals surface area (Å²) in [6.07, 6.45) is 0.989. The van der Waals surface area contributed by atoms with Gasteiger partial charge in [0.1, 0.15) is 5.75 Å². The Morgan fingerprint density at radius 2 is 1.81 bits per heavy atom. The van der Waals surface area contributed by atoms with Gasteiger partial charge in [-0.2, -0.15) is 0 Å². The van der Waals surface area contributed by atoms with Gasteiger partial charge in [0.25, 0.3) is 0 Å². The van der Waals surface area contributed by atoms with Crippen LogP contribution in [0.15, 0.2) is 24.3 Å². The third kappa shape index (κ3) is 5.65. The highest BCUT2D eigenvalue weighted by Crippen LogP contribution is 2.18. The van der Waals surface area contributed by atoms with Gasteiger partial charge < -0.3 is 10.1 Å². The van der Waals surface area contributed by atoms with Crippen LogP contribution in [0, 0.1) is 0 Å².